The second kappa shape index (κ2) is 2.62. The average molecular weight is 140 g/mol. The molecule has 0 atom stereocenters. The molecule has 1 saturated heterocycles. The maximum absolute atomic E-state index is 10.8. The van der Waals surface area contributed by atoms with Crippen molar-refractivity contribution in [3.63, 3.8) is 0 Å². The third kappa shape index (κ3) is 1.06. The number of hydrogen-bond acceptors (Lipinski definition) is 3. The quantitative estimate of drug-likeness (QED) is 0.496. The standard InChI is InChI=1S/C6H8N2O2/c1-2-5(9)8-6(10)3-4-7-8/h2,7H,1,3-4H2. The Morgan fingerprint density at radius 2 is 2.50 bits per heavy atom. The van der Waals surface area contributed by atoms with Gasteiger partial charge in [0, 0.05) is 13.0 Å². The number of nitrogens with zero attached hydrogens (tertiary/aromatic N) is 1. The molecule has 0 bridgehead atoms. The number of nitrogens with one attached hydrogen (secondary N) is 1. The van der Waals surface area contributed by atoms with Crippen molar-refractivity contribution in [1.29, 1.82) is 0 Å². The van der Waals surface area contributed by atoms with Gasteiger partial charge in [-0.15, -0.1) is 0 Å². The van der Waals surface area contributed by atoms with Gasteiger partial charge in [0.15, 0.2) is 0 Å². The highest BCUT2D eigenvalue weighted by Crippen LogP contribution is 1.98. The van der Waals surface area contributed by atoms with E-state index in [0.29, 0.717) is 13.0 Å². The molecular formula is C6H8N2O2. The van der Waals surface area contributed by atoms with Gasteiger partial charge in [-0.2, -0.15) is 0 Å². The summed E-state index contributed by atoms with van der Waals surface area (Å²) in [6, 6.07) is 0. The summed E-state index contributed by atoms with van der Waals surface area (Å²) in [6.45, 7) is 3.80. The van der Waals surface area contributed by atoms with Gasteiger partial charge in [-0.1, -0.05) is 6.58 Å². The topological polar surface area (TPSA) is 49.4 Å². The van der Waals surface area contributed by atoms with Crippen LogP contribution in [0.3, 0.4) is 0 Å². The molecule has 0 aromatic heterocycles. The van der Waals surface area contributed by atoms with Crippen LogP contribution in [0.5, 0.6) is 0 Å². The van der Waals surface area contributed by atoms with Crippen LogP contribution in [0.1, 0.15) is 6.42 Å². The normalized spacial score (nSPS) is 17.6. The van der Waals surface area contributed by atoms with Crippen LogP contribution in [-0.4, -0.2) is 23.4 Å². The van der Waals surface area contributed by atoms with Gasteiger partial charge in [-0.05, 0) is 6.08 Å². The maximum atomic E-state index is 10.8. The lowest BCUT2D eigenvalue weighted by Crippen LogP contribution is -2.38. The monoisotopic (exact) mass is 140 g/mol. The lowest BCUT2D eigenvalue weighted by atomic mass is 10.4. The molecule has 10 heavy (non-hydrogen) atoms. The summed E-state index contributed by atoms with van der Waals surface area (Å²) in [5, 5.41) is 0.979. The van der Waals surface area contributed by atoms with Crippen molar-refractivity contribution < 1.29 is 9.59 Å². The first kappa shape index (κ1) is 6.95. The number of carbonyl (C=O) groups is 2. The molecule has 0 unspecified atom stereocenters. The molecule has 4 heteroatoms. The number of imide groups is 1. The lowest BCUT2D eigenvalue weighted by molar-refractivity contribution is -0.141. The second-order valence-corrected chi connectivity index (χ2v) is 1.93. The van der Waals surface area contributed by atoms with E-state index in [1.807, 2.05) is 0 Å². The summed E-state index contributed by atoms with van der Waals surface area (Å²) in [5.74, 6) is -0.576. The van der Waals surface area contributed by atoms with Crippen molar-refractivity contribution in [3.05, 3.63) is 12.7 Å². The summed E-state index contributed by atoms with van der Waals surface area (Å²) < 4.78 is 0. The number of amides is 2. The zero-order valence-electron chi connectivity index (χ0n) is 5.46. The first-order valence-corrected chi connectivity index (χ1v) is 2.98. The van der Waals surface area contributed by atoms with E-state index in [-0.39, 0.29) is 11.8 Å². The van der Waals surface area contributed by atoms with E-state index in [4.69, 9.17) is 0 Å². The highest BCUT2D eigenvalue weighted by Gasteiger charge is 2.23. The van der Waals surface area contributed by atoms with Gasteiger partial charge < -0.3 is 0 Å². The Morgan fingerprint density at radius 3 is 2.90 bits per heavy atom. The predicted molar refractivity (Wildman–Crippen MR) is 34.7 cm³/mol. The Morgan fingerprint density at radius 1 is 1.80 bits per heavy atom. The predicted octanol–water partition coefficient (Wildman–Crippen LogP) is -0.564. The summed E-state index contributed by atoms with van der Waals surface area (Å²) in [5.41, 5.74) is 2.62. The Balaban J connectivity index is 2.63. The van der Waals surface area contributed by atoms with E-state index in [2.05, 4.69) is 12.0 Å². The Labute approximate surface area is 58.5 Å². The van der Waals surface area contributed by atoms with Gasteiger partial charge in [0.1, 0.15) is 0 Å². The molecular weight excluding hydrogens is 132 g/mol. The molecule has 2 amide bonds. The molecule has 54 valence electrons. The lowest BCUT2D eigenvalue weighted by Gasteiger charge is -2.09. The van der Waals surface area contributed by atoms with Crippen molar-refractivity contribution in [2.24, 2.45) is 0 Å². The smallest absolute Gasteiger partial charge is 0.267 e. The molecule has 1 aliphatic rings. The van der Waals surface area contributed by atoms with Crippen LogP contribution >= 0.6 is 0 Å². The van der Waals surface area contributed by atoms with Crippen LogP contribution in [0.15, 0.2) is 12.7 Å². The van der Waals surface area contributed by atoms with Crippen molar-refractivity contribution in [2.75, 3.05) is 6.54 Å². The number of rotatable bonds is 1. The molecule has 0 aromatic carbocycles. The number of carbonyl (C=O) groups excluding carboxylic acids is 2. The molecule has 0 radical (unpaired) electrons. The van der Waals surface area contributed by atoms with E-state index in [0.717, 1.165) is 11.1 Å². The van der Waals surface area contributed by atoms with Gasteiger partial charge in [-0.3, -0.25) is 9.59 Å². The Hall–Kier alpha value is -1.16. The second-order valence-electron chi connectivity index (χ2n) is 1.93. The molecule has 1 heterocycles. The van der Waals surface area contributed by atoms with Gasteiger partial charge in [0.2, 0.25) is 5.91 Å². The minimum Gasteiger partial charge on any atom is -0.273 e. The molecule has 0 spiro atoms. The van der Waals surface area contributed by atoms with Crippen molar-refractivity contribution in [2.45, 2.75) is 6.42 Å². The van der Waals surface area contributed by atoms with Crippen LogP contribution in [-0.2, 0) is 9.59 Å². The largest absolute Gasteiger partial charge is 0.273 e. The highest BCUT2D eigenvalue weighted by molar-refractivity contribution is 6.01. The average Bonchev–Trinajstić information content (AvgIpc) is 2.34. The zero-order valence-corrected chi connectivity index (χ0v) is 5.46. The van der Waals surface area contributed by atoms with Gasteiger partial charge >= 0.3 is 0 Å². The van der Waals surface area contributed by atoms with Crippen molar-refractivity contribution in [3.8, 4) is 0 Å². The fraction of sp³-hybridized carbons (Fsp3) is 0.333. The highest BCUT2D eigenvalue weighted by atomic mass is 16.2. The van der Waals surface area contributed by atoms with E-state index < -0.39 is 0 Å². The fourth-order valence-corrected chi connectivity index (χ4v) is 0.767. The minimum absolute atomic E-state index is 0.190. The first-order chi connectivity index (χ1) is 4.75. The van der Waals surface area contributed by atoms with Gasteiger partial charge in [0.25, 0.3) is 5.91 Å². The molecule has 0 aliphatic carbocycles. The maximum Gasteiger partial charge on any atom is 0.267 e. The first-order valence-electron chi connectivity index (χ1n) is 2.98. The van der Waals surface area contributed by atoms with E-state index >= 15 is 0 Å². The van der Waals surface area contributed by atoms with Crippen LogP contribution in [0.2, 0.25) is 0 Å². The minimum atomic E-state index is -0.387. The third-order valence-corrected chi connectivity index (χ3v) is 1.25. The molecule has 0 saturated carbocycles. The summed E-state index contributed by atoms with van der Waals surface area (Å²) in [4.78, 5) is 21.5. The molecule has 1 fully saturated rings. The SMILES string of the molecule is C=CC(=O)N1NCCC1=O. The number of hydrazine groups is 1. The third-order valence-electron chi connectivity index (χ3n) is 1.25. The molecule has 1 aliphatic heterocycles. The van der Waals surface area contributed by atoms with Crippen molar-refractivity contribution in [1.82, 2.24) is 10.4 Å². The van der Waals surface area contributed by atoms with E-state index in [1.54, 1.807) is 0 Å². The van der Waals surface area contributed by atoms with E-state index in [9.17, 15) is 9.59 Å². The van der Waals surface area contributed by atoms with Crippen molar-refractivity contribution >= 4 is 11.8 Å². The summed E-state index contributed by atoms with van der Waals surface area (Å²) in [6.07, 6.45) is 1.50. The fourth-order valence-electron chi connectivity index (χ4n) is 0.767. The van der Waals surface area contributed by atoms with E-state index in [1.165, 1.54) is 0 Å². The summed E-state index contributed by atoms with van der Waals surface area (Å²) >= 11 is 0. The van der Waals surface area contributed by atoms with Crippen LogP contribution < -0.4 is 5.43 Å². The van der Waals surface area contributed by atoms with Crippen LogP contribution in [0.25, 0.3) is 0 Å². The Bertz CT molecular complexity index is 188. The van der Waals surface area contributed by atoms with Gasteiger partial charge in [0.05, 0.1) is 0 Å². The van der Waals surface area contributed by atoms with Crippen LogP contribution in [0.4, 0.5) is 0 Å². The zero-order chi connectivity index (χ0) is 7.56. The van der Waals surface area contributed by atoms with Gasteiger partial charge in [-0.25, -0.2) is 10.4 Å². The molecule has 1 rings (SSSR count). The summed E-state index contributed by atoms with van der Waals surface area (Å²) in [7, 11) is 0. The van der Waals surface area contributed by atoms with Crippen LogP contribution in [0, 0.1) is 0 Å². The molecule has 4 nitrogen and oxygen atoms in total. The Kier molecular flexibility index (Phi) is 1.82. The molecule has 1 N–H and O–H groups in total. The number of hydrogen-bond donors (Lipinski definition) is 1. The molecule has 0 aromatic rings.